The Bertz CT molecular complexity index is 3430. The highest BCUT2D eigenvalue weighted by atomic mass is 79.9. The summed E-state index contributed by atoms with van der Waals surface area (Å²) in [5.41, 5.74) is 6.19. The van der Waals surface area contributed by atoms with Gasteiger partial charge in [0.1, 0.15) is 28.8 Å². The Morgan fingerprint density at radius 1 is 0.865 bits per heavy atom. The van der Waals surface area contributed by atoms with Gasteiger partial charge in [0, 0.05) is 132 Å². The molecular formula is C49H50BrN15O8S. The van der Waals surface area contributed by atoms with Crippen LogP contribution in [0, 0.1) is 5.92 Å². The largest absolute Gasteiger partial charge is 0.494 e. The maximum absolute atomic E-state index is 13.6. The smallest absolute Gasteiger partial charge is 0.262 e. The van der Waals surface area contributed by atoms with Crippen molar-refractivity contribution in [3.63, 3.8) is 0 Å². The minimum absolute atomic E-state index is 0.0483. The lowest BCUT2D eigenvalue weighted by Crippen LogP contribution is -2.67. The second-order valence-corrected chi connectivity index (χ2v) is 21.8. The average molecular weight is 1090 g/mol. The quantitative estimate of drug-likeness (QED) is 0.140. The topological polar surface area (TPSA) is 254 Å². The van der Waals surface area contributed by atoms with Crippen LogP contribution in [0.5, 0.6) is 5.75 Å². The van der Waals surface area contributed by atoms with Crippen molar-refractivity contribution in [3.05, 3.63) is 89.0 Å². The molecule has 382 valence electrons. The number of piperazine rings is 1. The van der Waals surface area contributed by atoms with E-state index in [1.807, 2.05) is 41.4 Å². The minimum Gasteiger partial charge on any atom is -0.494 e. The predicted molar refractivity (Wildman–Crippen MR) is 277 cm³/mol. The van der Waals surface area contributed by atoms with Crippen molar-refractivity contribution in [2.45, 2.75) is 24.9 Å². The van der Waals surface area contributed by atoms with Crippen LogP contribution in [0.2, 0.25) is 0 Å². The van der Waals surface area contributed by atoms with Gasteiger partial charge < -0.3 is 30.1 Å². The second kappa shape index (κ2) is 18.9. The molecule has 8 heterocycles. The summed E-state index contributed by atoms with van der Waals surface area (Å²) in [6, 6.07) is 11.7. The van der Waals surface area contributed by atoms with Gasteiger partial charge in [-0.05, 0) is 58.7 Å². The predicted octanol–water partition coefficient (Wildman–Crippen LogP) is 3.34. The summed E-state index contributed by atoms with van der Waals surface area (Å²) in [5.74, 6) is -1.13. The van der Waals surface area contributed by atoms with Gasteiger partial charge in [-0.3, -0.25) is 58.0 Å². The SMILES string of the molecule is COc1cc(N2CCN(C3CN(C(=O)C4CN(c5ccc6c(c5)C(=O)N(C5CCC(=O)NC5=O)C6=O)C4)C3)CC2)c(-c2cnn(C)c2)cc1Nc1ncc(Br)c(Nc2ccc3nccnc3c2N(C)S(C)(=O)=O)n1. The van der Waals surface area contributed by atoms with Crippen LogP contribution in [0.25, 0.3) is 22.2 Å². The molecule has 0 bridgehead atoms. The molecular weight excluding hydrogens is 1040 g/mol. The van der Waals surface area contributed by atoms with E-state index in [-0.39, 0.29) is 47.8 Å². The highest BCUT2D eigenvalue weighted by Gasteiger charge is 2.46. The molecule has 3 aromatic carbocycles. The number of amides is 5. The van der Waals surface area contributed by atoms with E-state index in [9.17, 15) is 32.4 Å². The van der Waals surface area contributed by atoms with Crippen LogP contribution >= 0.6 is 15.9 Å². The number of hydrogen-bond acceptors (Lipinski definition) is 18. The Balaban J connectivity index is 0.730. The van der Waals surface area contributed by atoms with E-state index in [4.69, 9.17) is 9.72 Å². The maximum atomic E-state index is 13.6. The zero-order valence-electron chi connectivity index (χ0n) is 40.7. The Morgan fingerprint density at radius 3 is 2.34 bits per heavy atom. The van der Waals surface area contributed by atoms with Crippen LogP contribution in [0.3, 0.4) is 0 Å². The lowest BCUT2D eigenvalue weighted by molar-refractivity contribution is -0.144. The Morgan fingerprint density at radius 2 is 1.62 bits per heavy atom. The van der Waals surface area contributed by atoms with Gasteiger partial charge >= 0.3 is 0 Å². The van der Waals surface area contributed by atoms with Gasteiger partial charge in [0.25, 0.3) is 11.8 Å². The van der Waals surface area contributed by atoms with Gasteiger partial charge in [-0.1, -0.05) is 0 Å². The third kappa shape index (κ3) is 8.86. The molecule has 23 nitrogen and oxygen atoms in total. The number of benzene rings is 3. The number of ether oxygens (including phenoxy) is 1. The molecule has 3 N–H and O–H groups in total. The van der Waals surface area contributed by atoms with E-state index >= 15 is 0 Å². The van der Waals surface area contributed by atoms with Crippen molar-refractivity contribution < 1.29 is 37.1 Å². The van der Waals surface area contributed by atoms with Gasteiger partial charge in [0.2, 0.25) is 33.7 Å². The van der Waals surface area contributed by atoms with E-state index in [2.05, 4.69) is 61.7 Å². The summed E-state index contributed by atoms with van der Waals surface area (Å²) in [4.78, 5) is 92.2. The first-order valence-corrected chi connectivity index (χ1v) is 26.5. The molecule has 1 unspecified atom stereocenters. The van der Waals surface area contributed by atoms with Gasteiger partial charge in [0.15, 0.2) is 0 Å². The number of methoxy groups -OCH3 is 1. The van der Waals surface area contributed by atoms with Gasteiger partial charge in [-0.25, -0.2) is 13.4 Å². The zero-order chi connectivity index (χ0) is 51.7. The lowest BCUT2D eigenvalue weighted by atomic mass is 9.94. The number of carbonyl (C=O) groups is 5. The summed E-state index contributed by atoms with van der Waals surface area (Å²) >= 11 is 3.56. The van der Waals surface area contributed by atoms with Crippen molar-refractivity contribution in [2.24, 2.45) is 13.0 Å². The average Bonchev–Trinajstić information content (AvgIpc) is 3.89. The zero-order valence-corrected chi connectivity index (χ0v) is 43.1. The highest BCUT2D eigenvalue weighted by molar-refractivity contribution is 9.10. The fourth-order valence-corrected chi connectivity index (χ4v) is 11.0. The van der Waals surface area contributed by atoms with Crippen molar-refractivity contribution in [2.75, 3.05) is 97.5 Å². The van der Waals surface area contributed by atoms with Crippen molar-refractivity contribution >= 4 is 107 Å². The molecule has 3 aromatic heterocycles. The number of sulfonamides is 1. The molecule has 0 aliphatic carbocycles. The summed E-state index contributed by atoms with van der Waals surface area (Å²) in [6.45, 7) is 5.28. The third-order valence-corrected chi connectivity index (χ3v) is 16.1. The number of nitrogens with one attached hydrogen (secondary N) is 3. The van der Waals surface area contributed by atoms with E-state index < -0.39 is 39.7 Å². The molecule has 0 spiro atoms. The first-order chi connectivity index (χ1) is 35.5. The number of aryl methyl sites for hydroxylation is 1. The summed E-state index contributed by atoms with van der Waals surface area (Å²) < 4.78 is 35.0. The van der Waals surface area contributed by atoms with Crippen LogP contribution in [-0.2, 0) is 31.5 Å². The van der Waals surface area contributed by atoms with Gasteiger partial charge in [-0.15, -0.1) is 0 Å². The minimum atomic E-state index is -3.69. The molecule has 0 radical (unpaired) electrons. The molecule has 0 saturated carbocycles. The van der Waals surface area contributed by atoms with Crippen LogP contribution in [0.4, 0.5) is 40.2 Å². The molecule has 74 heavy (non-hydrogen) atoms. The Hall–Kier alpha value is -7.77. The number of likely N-dealkylation sites (tertiary alicyclic amines) is 1. The molecule has 25 heteroatoms. The first-order valence-electron chi connectivity index (χ1n) is 23.9. The number of piperidine rings is 1. The molecule has 11 rings (SSSR count). The number of hydrogen-bond donors (Lipinski definition) is 3. The standard InChI is InChI=1S/C49H50BrN15O8S/c1-59-22-27(20-54-59)32-18-37(56-49-53-21-34(50)44(58-49)55-36-8-7-35-42(52-12-11-51-35)43(36)60(2)74(4,71)72)40(73-3)19-39(32)62-15-13-61(14-16-62)30-25-64(26-30)46(68)28-23-63(24-28)29-5-6-31-33(17-29)48(70)65(47(31)69)38-9-10-41(66)57-45(38)67/h5-8,11-12,17-22,28,30,38H,9-10,13-16,23-26H2,1-4H3,(H,57,66,67)(H2,53,55,56,58). The molecule has 6 aromatic rings. The lowest BCUT2D eigenvalue weighted by Gasteiger charge is -2.51. The van der Waals surface area contributed by atoms with Crippen molar-refractivity contribution in [1.29, 1.82) is 0 Å². The van der Waals surface area contributed by atoms with Crippen LogP contribution < -0.4 is 34.8 Å². The fourth-order valence-electron chi connectivity index (χ4n) is 10.2. The van der Waals surface area contributed by atoms with E-state index in [0.717, 1.165) is 64.1 Å². The number of nitrogens with zero attached hydrogens (tertiary/aromatic N) is 12. The van der Waals surface area contributed by atoms with E-state index in [1.54, 1.807) is 54.5 Å². The Labute approximate surface area is 433 Å². The summed E-state index contributed by atoms with van der Waals surface area (Å²) in [5, 5.41) is 13.3. The molecule has 4 saturated heterocycles. The molecule has 1 atom stereocenters. The maximum Gasteiger partial charge on any atom is 0.262 e. The number of carbonyl (C=O) groups excluding carboxylic acids is 5. The fraction of sp³-hybridized carbons (Fsp3) is 0.347. The van der Waals surface area contributed by atoms with E-state index in [0.29, 0.717) is 70.3 Å². The second-order valence-electron chi connectivity index (χ2n) is 18.9. The van der Waals surface area contributed by atoms with Crippen LogP contribution in [0.1, 0.15) is 33.6 Å². The molecule has 4 fully saturated rings. The highest BCUT2D eigenvalue weighted by Crippen LogP contribution is 2.42. The number of rotatable bonds is 13. The molecule has 5 aliphatic heterocycles. The number of imide groups is 2. The molecule has 5 amide bonds. The van der Waals surface area contributed by atoms with E-state index in [1.165, 1.54) is 13.2 Å². The first kappa shape index (κ1) is 48.5. The number of halogens is 1. The normalized spacial score (nSPS) is 18.6. The molecule has 5 aliphatic rings. The summed E-state index contributed by atoms with van der Waals surface area (Å²) in [7, 11) is 1.24. The number of fused-ring (bicyclic) bond motifs is 2. The monoisotopic (exact) mass is 1090 g/mol. The van der Waals surface area contributed by atoms with Crippen molar-refractivity contribution in [1.82, 2.24) is 49.7 Å². The third-order valence-electron chi connectivity index (χ3n) is 14.4. The summed E-state index contributed by atoms with van der Waals surface area (Å²) in [6.07, 6.45) is 9.67. The number of aromatic nitrogens is 6. The van der Waals surface area contributed by atoms with Crippen LogP contribution in [-0.4, -0.2) is 167 Å². The number of anilines is 7. The van der Waals surface area contributed by atoms with Crippen molar-refractivity contribution in [3.8, 4) is 16.9 Å². The van der Waals surface area contributed by atoms with Gasteiger partial charge in [0.05, 0.1) is 58.0 Å². The Kier molecular flexibility index (Phi) is 12.4. The van der Waals surface area contributed by atoms with Crippen LogP contribution in [0.15, 0.2) is 77.9 Å². The van der Waals surface area contributed by atoms with Gasteiger partial charge in [-0.2, -0.15) is 10.1 Å².